The van der Waals surface area contributed by atoms with Gasteiger partial charge in [0.25, 0.3) is 0 Å². The Morgan fingerprint density at radius 1 is 1.57 bits per heavy atom. The number of hydrogen-bond donors (Lipinski definition) is 2. The Morgan fingerprint density at radius 3 is 2.43 bits per heavy atom. The molecular weight excluding hydrogens is 174 g/mol. The Kier molecular flexibility index (Phi) is 3.27. The number of aliphatic hydroxyl groups is 1. The van der Waals surface area contributed by atoms with E-state index < -0.39 is 5.60 Å². The van der Waals surface area contributed by atoms with Crippen LogP contribution < -0.4 is 5.73 Å². The van der Waals surface area contributed by atoms with Gasteiger partial charge in [0.15, 0.2) is 0 Å². The lowest BCUT2D eigenvalue weighted by Crippen LogP contribution is -2.52. The highest BCUT2D eigenvalue weighted by atomic mass is 16.3. The molecule has 1 aliphatic carbocycles. The van der Waals surface area contributed by atoms with Gasteiger partial charge in [-0.15, -0.1) is 0 Å². The van der Waals surface area contributed by atoms with Crippen molar-refractivity contribution in [2.75, 3.05) is 6.54 Å². The molecule has 84 valence electrons. The first-order chi connectivity index (χ1) is 6.35. The fourth-order valence-corrected chi connectivity index (χ4v) is 2.86. The van der Waals surface area contributed by atoms with Crippen LogP contribution >= 0.6 is 0 Å². The van der Waals surface area contributed by atoms with E-state index in [2.05, 4.69) is 20.8 Å². The zero-order chi connectivity index (χ0) is 11.0. The maximum absolute atomic E-state index is 10.6. The molecule has 0 aromatic carbocycles. The van der Waals surface area contributed by atoms with E-state index in [4.69, 9.17) is 5.73 Å². The Hall–Kier alpha value is -0.0800. The first-order valence-electron chi connectivity index (χ1n) is 5.78. The summed E-state index contributed by atoms with van der Waals surface area (Å²) in [6.07, 6.45) is 3.37. The molecule has 0 bridgehead atoms. The molecule has 3 atom stereocenters. The predicted molar refractivity (Wildman–Crippen MR) is 60.0 cm³/mol. The van der Waals surface area contributed by atoms with Crippen molar-refractivity contribution >= 4 is 0 Å². The smallest absolute Gasteiger partial charge is 0.0710 e. The van der Waals surface area contributed by atoms with E-state index in [1.165, 1.54) is 6.42 Å². The minimum absolute atomic E-state index is 0.0411. The topological polar surface area (TPSA) is 46.2 Å². The third-order valence-electron chi connectivity index (χ3n) is 4.44. The van der Waals surface area contributed by atoms with Crippen LogP contribution in [-0.4, -0.2) is 17.3 Å². The van der Waals surface area contributed by atoms with Crippen molar-refractivity contribution in [2.24, 2.45) is 23.0 Å². The second kappa shape index (κ2) is 3.82. The summed E-state index contributed by atoms with van der Waals surface area (Å²) in [7, 11) is 0. The van der Waals surface area contributed by atoms with Crippen molar-refractivity contribution in [2.45, 2.75) is 52.6 Å². The van der Waals surface area contributed by atoms with Gasteiger partial charge < -0.3 is 10.8 Å². The van der Waals surface area contributed by atoms with Crippen LogP contribution in [0.1, 0.15) is 47.0 Å². The molecule has 0 aromatic rings. The van der Waals surface area contributed by atoms with Crippen LogP contribution in [0.15, 0.2) is 0 Å². The highest BCUT2D eigenvalue weighted by Crippen LogP contribution is 2.50. The summed E-state index contributed by atoms with van der Waals surface area (Å²) in [5.41, 5.74) is 5.24. The molecule has 0 aliphatic heterocycles. The van der Waals surface area contributed by atoms with Gasteiger partial charge in [0.2, 0.25) is 0 Å². The average molecular weight is 199 g/mol. The molecule has 1 aliphatic rings. The Morgan fingerprint density at radius 2 is 2.14 bits per heavy atom. The first kappa shape index (κ1) is 12.0. The molecule has 2 nitrogen and oxygen atoms in total. The maximum Gasteiger partial charge on any atom is 0.0710 e. The lowest BCUT2D eigenvalue weighted by molar-refractivity contribution is -0.0989. The molecule has 0 spiro atoms. The molecule has 1 fully saturated rings. The predicted octanol–water partition coefficient (Wildman–Crippen LogP) is 2.16. The van der Waals surface area contributed by atoms with Crippen molar-refractivity contribution < 1.29 is 5.11 Å². The standard InChI is InChI=1S/C12H25NO/c1-9(2)11(4,14)12(8-13)6-5-10(3)7-12/h9-10,14H,5-8,13H2,1-4H3. The molecule has 0 heterocycles. The van der Waals surface area contributed by atoms with E-state index in [1.54, 1.807) is 0 Å². The van der Waals surface area contributed by atoms with Crippen molar-refractivity contribution in [3.05, 3.63) is 0 Å². The quantitative estimate of drug-likeness (QED) is 0.731. The van der Waals surface area contributed by atoms with Crippen molar-refractivity contribution in [1.82, 2.24) is 0 Å². The number of hydrogen-bond acceptors (Lipinski definition) is 2. The lowest BCUT2D eigenvalue weighted by atomic mass is 9.66. The summed E-state index contributed by atoms with van der Waals surface area (Å²) in [6, 6.07) is 0. The molecule has 1 rings (SSSR count). The van der Waals surface area contributed by atoms with Gasteiger partial charge in [0.05, 0.1) is 5.60 Å². The van der Waals surface area contributed by atoms with Gasteiger partial charge in [-0.25, -0.2) is 0 Å². The summed E-state index contributed by atoms with van der Waals surface area (Å²) >= 11 is 0. The van der Waals surface area contributed by atoms with Gasteiger partial charge in [-0.3, -0.25) is 0 Å². The fraction of sp³-hybridized carbons (Fsp3) is 1.00. The third-order valence-corrected chi connectivity index (χ3v) is 4.44. The Balaban J connectivity index is 2.90. The molecular formula is C12H25NO. The van der Waals surface area contributed by atoms with Gasteiger partial charge >= 0.3 is 0 Å². The number of rotatable bonds is 3. The van der Waals surface area contributed by atoms with E-state index in [-0.39, 0.29) is 11.3 Å². The second-order valence-corrected chi connectivity index (χ2v) is 5.63. The third kappa shape index (κ3) is 1.70. The highest BCUT2D eigenvalue weighted by molar-refractivity contribution is 5.02. The van der Waals surface area contributed by atoms with Crippen LogP contribution in [0.3, 0.4) is 0 Å². The minimum Gasteiger partial charge on any atom is -0.389 e. The molecule has 1 saturated carbocycles. The summed E-state index contributed by atoms with van der Waals surface area (Å²) in [6.45, 7) is 9.00. The van der Waals surface area contributed by atoms with E-state index in [0.29, 0.717) is 12.5 Å². The summed E-state index contributed by atoms with van der Waals surface area (Å²) in [5, 5.41) is 10.6. The second-order valence-electron chi connectivity index (χ2n) is 5.63. The Bertz CT molecular complexity index is 200. The van der Waals surface area contributed by atoms with E-state index in [1.807, 2.05) is 6.92 Å². The first-order valence-corrected chi connectivity index (χ1v) is 5.78. The monoisotopic (exact) mass is 199 g/mol. The molecule has 3 unspecified atom stereocenters. The van der Waals surface area contributed by atoms with Crippen molar-refractivity contribution in [3.63, 3.8) is 0 Å². The molecule has 2 heteroatoms. The van der Waals surface area contributed by atoms with E-state index in [9.17, 15) is 5.11 Å². The molecule has 3 N–H and O–H groups in total. The van der Waals surface area contributed by atoms with Crippen molar-refractivity contribution in [1.29, 1.82) is 0 Å². The minimum atomic E-state index is -0.619. The molecule has 0 aromatic heterocycles. The zero-order valence-corrected chi connectivity index (χ0v) is 10.0. The lowest BCUT2D eigenvalue weighted by Gasteiger charge is -2.45. The van der Waals surface area contributed by atoms with Gasteiger partial charge in [0.1, 0.15) is 0 Å². The zero-order valence-electron chi connectivity index (χ0n) is 10.0. The van der Waals surface area contributed by atoms with Gasteiger partial charge in [-0.05, 0) is 31.6 Å². The number of nitrogens with two attached hydrogens (primary N) is 1. The SMILES string of the molecule is CC1CCC(CN)(C(C)(O)C(C)C)C1. The van der Waals surface area contributed by atoms with Crippen LogP contribution in [-0.2, 0) is 0 Å². The molecule has 0 radical (unpaired) electrons. The highest BCUT2D eigenvalue weighted by Gasteiger charge is 2.50. The summed E-state index contributed by atoms with van der Waals surface area (Å²) in [5.74, 6) is 0.986. The largest absolute Gasteiger partial charge is 0.389 e. The van der Waals surface area contributed by atoms with Crippen LogP contribution in [0.5, 0.6) is 0 Å². The molecule has 14 heavy (non-hydrogen) atoms. The van der Waals surface area contributed by atoms with Gasteiger partial charge in [-0.2, -0.15) is 0 Å². The maximum atomic E-state index is 10.6. The normalized spacial score (nSPS) is 37.5. The summed E-state index contributed by atoms with van der Waals surface area (Å²) in [4.78, 5) is 0. The van der Waals surface area contributed by atoms with E-state index >= 15 is 0 Å². The average Bonchev–Trinajstić information content (AvgIpc) is 2.48. The van der Waals surface area contributed by atoms with Gasteiger partial charge in [-0.1, -0.05) is 27.2 Å². The van der Waals surface area contributed by atoms with Crippen LogP contribution in [0.4, 0.5) is 0 Å². The molecule has 0 saturated heterocycles. The van der Waals surface area contributed by atoms with Crippen molar-refractivity contribution in [3.8, 4) is 0 Å². The van der Waals surface area contributed by atoms with E-state index in [0.717, 1.165) is 12.8 Å². The molecule has 0 amide bonds. The van der Waals surface area contributed by atoms with Crippen LogP contribution in [0, 0.1) is 17.3 Å². The van der Waals surface area contributed by atoms with Gasteiger partial charge in [0, 0.05) is 12.0 Å². The fourth-order valence-electron chi connectivity index (χ4n) is 2.86. The van der Waals surface area contributed by atoms with Crippen LogP contribution in [0.2, 0.25) is 0 Å². The summed E-state index contributed by atoms with van der Waals surface area (Å²) < 4.78 is 0. The Labute approximate surface area is 87.9 Å². The van der Waals surface area contributed by atoms with Crippen LogP contribution in [0.25, 0.3) is 0 Å².